The zero-order valence-electron chi connectivity index (χ0n) is 11.4. The van der Waals surface area contributed by atoms with Gasteiger partial charge in [0.15, 0.2) is 5.65 Å². The summed E-state index contributed by atoms with van der Waals surface area (Å²) in [5, 5.41) is 24.2. The Hall–Kier alpha value is -2.47. The van der Waals surface area contributed by atoms with Crippen molar-refractivity contribution in [3.8, 4) is 5.88 Å². The molecule has 1 unspecified atom stereocenters. The third-order valence-electron chi connectivity index (χ3n) is 3.30. The topological polar surface area (TPSA) is 70.7 Å². The molecule has 0 aliphatic carbocycles. The van der Waals surface area contributed by atoms with Crippen molar-refractivity contribution in [1.82, 2.24) is 14.6 Å². The number of halogens is 1. The normalized spacial score (nSPS) is 12.7. The molecule has 2 aromatic heterocycles. The molecule has 0 aliphatic heterocycles. The van der Waals surface area contributed by atoms with Gasteiger partial charge in [-0.25, -0.2) is 9.37 Å². The highest BCUT2D eigenvalue weighted by molar-refractivity contribution is 5.47. The fourth-order valence-electron chi connectivity index (χ4n) is 2.34. The third kappa shape index (κ3) is 2.45. The van der Waals surface area contributed by atoms with Gasteiger partial charge in [-0.1, -0.05) is 12.1 Å². The van der Waals surface area contributed by atoms with E-state index in [2.05, 4.69) is 10.1 Å². The van der Waals surface area contributed by atoms with Crippen molar-refractivity contribution in [3.63, 3.8) is 0 Å². The second-order valence-electron chi connectivity index (χ2n) is 4.88. The molecule has 3 aromatic rings. The predicted molar refractivity (Wildman–Crippen MR) is 74.5 cm³/mol. The Bertz CT molecular complexity index is 799. The lowest BCUT2D eigenvalue weighted by atomic mass is 10.0. The van der Waals surface area contributed by atoms with E-state index in [1.807, 2.05) is 0 Å². The lowest BCUT2D eigenvalue weighted by molar-refractivity contribution is 0.192. The molecular formula is C15H14FN3O2. The largest absolute Gasteiger partial charge is 0.493 e. The summed E-state index contributed by atoms with van der Waals surface area (Å²) in [4.78, 5) is 4.31. The summed E-state index contributed by atoms with van der Waals surface area (Å²) in [6, 6.07) is 7.73. The van der Waals surface area contributed by atoms with E-state index in [1.54, 1.807) is 25.1 Å². The fourth-order valence-corrected chi connectivity index (χ4v) is 2.34. The lowest BCUT2D eigenvalue weighted by Gasteiger charge is -2.14. The Morgan fingerprint density at radius 1 is 1.33 bits per heavy atom. The van der Waals surface area contributed by atoms with Gasteiger partial charge in [0.05, 0.1) is 18.0 Å². The average Bonchev–Trinajstić information content (AvgIpc) is 2.90. The van der Waals surface area contributed by atoms with Gasteiger partial charge >= 0.3 is 0 Å². The maximum atomic E-state index is 13.3. The van der Waals surface area contributed by atoms with Gasteiger partial charge in [-0.3, -0.25) is 0 Å². The zero-order valence-corrected chi connectivity index (χ0v) is 11.4. The molecule has 0 amide bonds. The number of benzene rings is 1. The molecule has 5 nitrogen and oxygen atoms in total. The summed E-state index contributed by atoms with van der Waals surface area (Å²) >= 11 is 0. The average molecular weight is 287 g/mol. The van der Waals surface area contributed by atoms with Crippen LogP contribution in [-0.4, -0.2) is 24.8 Å². The van der Waals surface area contributed by atoms with Crippen molar-refractivity contribution < 1.29 is 14.6 Å². The molecule has 1 aromatic carbocycles. The molecule has 3 rings (SSSR count). The Balaban J connectivity index is 2.15. The second-order valence-corrected chi connectivity index (χ2v) is 4.88. The molecule has 2 N–H and O–H groups in total. The van der Waals surface area contributed by atoms with E-state index in [0.717, 1.165) is 0 Å². The van der Waals surface area contributed by atoms with Crippen LogP contribution in [0.4, 0.5) is 4.39 Å². The number of aromatic hydroxyl groups is 1. The number of nitrogens with zero attached hydrogens (tertiary/aromatic N) is 3. The van der Waals surface area contributed by atoms with Crippen LogP contribution in [0, 0.1) is 5.82 Å². The highest BCUT2D eigenvalue weighted by Crippen LogP contribution is 2.28. The predicted octanol–water partition coefficient (Wildman–Crippen LogP) is 2.22. The van der Waals surface area contributed by atoms with E-state index in [4.69, 9.17) is 0 Å². The highest BCUT2D eigenvalue weighted by Gasteiger charge is 2.19. The smallest absolute Gasteiger partial charge is 0.219 e. The van der Waals surface area contributed by atoms with Gasteiger partial charge in [0.1, 0.15) is 5.82 Å². The van der Waals surface area contributed by atoms with Crippen LogP contribution in [0.2, 0.25) is 0 Å². The Labute approximate surface area is 120 Å². The number of hydrogen-bond donors (Lipinski definition) is 2. The van der Waals surface area contributed by atoms with Gasteiger partial charge in [0, 0.05) is 18.1 Å². The third-order valence-corrected chi connectivity index (χ3v) is 3.30. The summed E-state index contributed by atoms with van der Waals surface area (Å²) in [5.41, 5.74) is 1.93. The molecule has 0 saturated heterocycles. The maximum absolute atomic E-state index is 13.3. The first kappa shape index (κ1) is 13.5. The van der Waals surface area contributed by atoms with Crippen molar-refractivity contribution in [2.45, 2.75) is 19.4 Å². The first-order valence-electron chi connectivity index (χ1n) is 6.54. The van der Waals surface area contributed by atoms with Crippen LogP contribution in [0.3, 0.4) is 0 Å². The number of aliphatic hydroxyl groups is 1. The first-order chi connectivity index (χ1) is 10.1. The van der Waals surface area contributed by atoms with Crippen molar-refractivity contribution in [3.05, 3.63) is 59.2 Å². The van der Waals surface area contributed by atoms with E-state index >= 15 is 0 Å². The van der Waals surface area contributed by atoms with Gasteiger partial charge in [0.25, 0.3) is 0 Å². The van der Waals surface area contributed by atoms with Crippen LogP contribution in [0.5, 0.6) is 5.88 Å². The number of fused-ring (bicyclic) bond motifs is 1. The van der Waals surface area contributed by atoms with Gasteiger partial charge in [-0.2, -0.15) is 9.61 Å². The van der Waals surface area contributed by atoms with E-state index in [0.29, 0.717) is 22.5 Å². The van der Waals surface area contributed by atoms with Gasteiger partial charge < -0.3 is 10.2 Å². The van der Waals surface area contributed by atoms with Crippen molar-refractivity contribution >= 4 is 5.65 Å². The monoisotopic (exact) mass is 287 g/mol. The molecule has 0 saturated carbocycles. The van der Waals surface area contributed by atoms with Crippen molar-refractivity contribution in [2.24, 2.45) is 0 Å². The van der Waals surface area contributed by atoms with Crippen LogP contribution in [0.15, 0.2) is 36.5 Å². The summed E-state index contributed by atoms with van der Waals surface area (Å²) in [6.45, 7) is 1.57. The summed E-state index contributed by atoms with van der Waals surface area (Å²) in [5.74, 6) is -0.441. The quantitative estimate of drug-likeness (QED) is 0.775. The molecule has 108 valence electrons. The molecule has 21 heavy (non-hydrogen) atoms. The molecule has 1 atom stereocenters. The Morgan fingerprint density at radius 2 is 2.14 bits per heavy atom. The van der Waals surface area contributed by atoms with Crippen molar-refractivity contribution in [1.29, 1.82) is 0 Å². The van der Waals surface area contributed by atoms with Gasteiger partial charge in [-0.15, -0.1) is 0 Å². The molecule has 0 spiro atoms. The van der Waals surface area contributed by atoms with Crippen LogP contribution in [-0.2, 0) is 6.42 Å². The molecular weight excluding hydrogens is 273 g/mol. The molecule has 6 heteroatoms. The standard InChI is InChI=1S/C15H14FN3O2/c1-9(20)14-12(8-10-3-2-4-11(16)7-10)15(21)19-13(18-14)5-6-17-19/h2-7,9,20-21H,8H2,1H3. The summed E-state index contributed by atoms with van der Waals surface area (Å²) in [7, 11) is 0. The maximum Gasteiger partial charge on any atom is 0.219 e. The van der Waals surface area contributed by atoms with Gasteiger partial charge in [-0.05, 0) is 24.6 Å². The highest BCUT2D eigenvalue weighted by atomic mass is 19.1. The van der Waals surface area contributed by atoms with Gasteiger partial charge in [0.2, 0.25) is 5.88 Å². The zero-order chi connectivity index (χ0) is 15.0. The minimum absolute atomic E-state index is 0.0924. The van der Waals surface area contributed by atoms with E-state index in [9.17, 15) is 14.6 Å². The molecule has 0 aliphatic rings. The number of aromatic nitrogens is 3. The molecule has 2 heterocycles. The Morgan fingerprint density at radius 3 is 2.86 bits per heavy atom. The lowest BCUT2D eigenvalue weighted by Crippen LogP contribution is -2.07. The first-order valence-corrected chi connectivity index (χ1v) is 6.54. The van der Waals surface area contributed by atoms with Crippen LogP contribution in [0.25, 0.3) is 5.65 Å². The molecule has 0 fully saturated rings. The van der Waals surface area contributed by atoms with E-state index < -0.39 is 6.10 Å². The SMILES string of the molecule is CC(O)c1nc2ccnn2c(O)c1Cc1cccc(F)c1. The van der Waals surface area contributed by atoms with Crippen molar-refractivity contribution in [2.75, 3.05) is 0 Å². The molecule has 0 bridgehead atoms. The van der Waals surface area contributed by atoms with Crippen LogP contribution < -0.4 is 0 Å². The Kier molecular flexibility index (Phi) is 3.31. The van der Waals surface area contributed by atoms with E-state index in [-0.39, 0.29) is 18.1 Å². The fraction of sp³-hybridized carbons (Fsp3) is 0.200. The number of hydrogen-bond acceptors (Lipinski definition) is 4. The number of rotatable bonds is 3. The minimum Gasteiger partial charge on any atom is -0.493 e. The summed E-state index contributed by atoms with van der Waals surface area (Å²) in [6.07, 6.45) is 0.922. The number of aliphatic hydroxyl groups excluding tert-OH is 1. The minimum atomic E-state index is -0.848. The van der Waals surface area contributed by atoms with E-state index in [1.165, 1.54) is 22.8 Å². The van der Waals surface area contributed by atoms with Crippen LogP contribution in [0.1, 0.15) is 29.8 Å². The molecule has 0 radical (unpaired) electrons. The van der Waals surface area contributed by atoms with Crippen LogP contribution >= 0.6 is 0 Å². The summed E-state index contributed by atoms with van der Waals surface area (Å²) < 4.78 is 14.6. The second kappa shape index (κ2) is 5.14.